The number of nitrogens with one attached hydrogen (secondary N) is 1. The number of rotatable bonds is 7. The molecule has 4 aromatic rings. The molecule has 2 aliphatic heterocycles. The SMILES string of the molecule is COc1cc(N2CCN(C[C@H](C)O)CC2)ccc1Nc1ncc2ccc(-c3cccc4c3OCCO4)n2n1. The topological polar surface area (TPSA) is 96.6 Å². The van der Waals surface area contributed by atoms with Gasteiger partial charge in [-0.2, -0.15) is 0 Å². The molecule has 2 N–H and O–H groups in total. The minimum absolute atomic E-state index is 0.309. The van der Waals surface area contributed by atoms with Crippen molar-refractivity contribution in [2.45, 2.75) is 13.0 Å². The standard InChI is InChI=1S/C28H32N6O4/c1-19(35)18-32-10-12-33(13-11-32)20-6-8-23(26(16-20)36-2)30-28-29-17-21-7-9-24(34(21)31-28)22-4-3-5-25-27(22)38-15-14-37-25/h3-9,16-17,19,35H,10-15,18H2,1-2H3,(H,30,31)/t19-/m0/s1. The predicted octanol–water partition coefficient (Wildman–Crippen LogP) is 3.42. The molecule has 2 aromatic heterocycles. The Balaban J connectivity index is 1.24. The summed E-state index contributed by atoms with van der Waals surface area (Å²) in [7, 11) is 1.67. The minimum Gasteiger partial charge on any atom is -0.494 e. The second kappa shape index (κ2) is 10.4. The first-order valence-electron chi connectivity index (χ1n) is 12.9. The van der Waals surface area contributed by atoms with Crippen molar-refractivity contribution < 1.29 is 19.3 Å². The molecule has 1 atom stereocenters. The van der Waals surface area contributed by atoms with Crippen LogP contribution in [0.1, 0.15) is 6.92 Å². The highest BCUT2D eigenvalue weighted by Gasteiger charge is 2.21. The van der Waals surface area contributed by atoms with Crippen LogP contribution in [0.2, 0.25) is 0 Å². The highest BCUT2D eigenvalue weighted by atomic mass is 16.6. The number of benzene rings is 2. The number of ether oxygens (including phenoxy) is 3. The maximum atomic E-state index is 9.67. The summed E-state index contributed by atoms with van der Waals surface area (Å²) in [5.74, 6) is 2.64. The number of anilines is 3. The maximum Gasteiger partial charge on any atom is 0.245 e. The zero-order valence-electron chi connectivity index (χ0n) is 21.6. The quantitative estimate of drug-likeness (QED) is 0.383. The van der Waals surface area contributed by atoms with Crippen molar-refractivity contribution >= 4 is 22.8 Å². The van der Waals surface area contributed by atoms with E-state index in [0.717, 1.165) is 65.8 Å². The Hall–Kier alpha value is -4.02. The van der Waals surface area contributed by atoms with E-state index in [4.69, 9.17) is 19.3 Å². The molecule has 0 spiro atoms. The Labute approximate surface area is 221 Å². The Morgan fingerprint density at radius 1 is 1.05 bits per heavy atom. The second-order valence-electron chi connectivity index (χ2n) is 9.61. The van der Waals surface area contributed by atoms with Crippen LogP contribution in [-0.2, 0) is 0 Å². The lowest BCUT2D eigenvalue weighted by atomic mass is 10.1. The molecule has 1 fully saturated rings. The lowest BCUT2D eigenvalue weighted by Gasteiger charge is -2.36. The van der Waals surface area contributed by atoms with E-state index in [0.29, 0.717) is 31.5 Å². The van der Waals surface area contributed by atoms with Gasteiger partial charge in [0, 0.05) is 50.0 Å². The van der Waals surface area contributed by atoms with Crippen LogP contribution in [-0.4, -0.2) is 83.8 Å². The van der Waals surface area contributed by atoms with E-state index in [-0.39, 0.29) is 6.10 Å². The molecule has 10 heteroatoms. The summed E-state index contributed by atoms with van der Waals surface area (Å²) >= 11 is 0. The molecule has 38 heavy (non-hydrogen) atoms. The van der Waals surface area contributed by atoms with Gasteiger partial charge in [0.15, 0.2) is 11.5 Å². The van der Waals surface area contributed by atoms with E-state index < -0.39 is 0 Å². The fourth-order valence-electron chi connectivity index (χ4n) is 5.10. The number of aliphatic hydroxyl groups excluding tert-OH is 1. The number of β-amino-alcohol motifs (C(OH)–C–C–N with tert-alkyl or cyclic N) is 1. The van der Waals surface area contributed by atoms with Gasteiger partial charge in [-0.1, -0.05) is 6.07 Å². The summed E-state index contributed by atoms with van der Waals surface area (Å²) in [6.07, 6.45) is 1.48. The summed E-state index contributed by atoms with van der Waals surface area (Å²) < 4.78 is 19.3. The van der Waals surface area contributed by atoms with Crippen LogP contribution in [0.25, 0.3) is 16.8 Å². The number of fused-ring (bicyclic) bond motifs is 2. The number of methoxy groups -OCH3 is 1. The maximum absolute atomic E-state index is 9.67. The van der Waals surface area contributed by atoms with Gasteiger partial charge in [0.1, 0.15) is 19.0 Å². The van der Waals surface area contributed by atoms with E-state index in [1.54, 1.807) is 13.3 Å². The van der Waals surface area contributed by atoms with E-state index in [1.807, 2.05) is 53.9 Å². The average Bonchev–Trinajstić information content (AvgIpc) is 3.36. The molecule has 0 aliphatic carbocycles. The smallest absolute Gasteiger partial charge is 0.245 e. The van der Waals surface area contributed by atoms with Gasteiger partial charge in [-0.15, -0.1) is 5.10 Å². The van der Waals surface area contributed by atoms with Gasteiger partial charge >= 0.3 is 0 Å². The number of para-hydroxylation sites is 1. The van der Waals surface area contributed by atoms with Crippen molar-refractivity contribution in [2.24, 2.45) is 0 Å². The zero-order chi connectivity index (χ0) is 26.1. The summed E-state index contributed by atoms with van der Waals surface area (Å²) in [5, 5.41) is 17.8. The van der Waals surface area contributed by atoms with E-state index >= 15 is 0 Å². The summed E-state index contributed by atoms with van der Waals surface area (Å²) in [4.78, 5) is 9.16. The third-order valence-corrected chi connectivity index (χ3v) is 6.93. The molecule has 10 nitrogen and oxygen atoms in total. The van der Waals surface area contributed by atoms with Gasteiger partial charge in [0.05, 0.1) is 36.3 Å². The molecule has 0 bridgehead atoms. The van der Waals surface area contributed by atoms with Crippen LogP contribution >= 0.6 is 0 Å². The Morgan fingerprint density at radius 2 is 1.89 bits per heavy atom. The van der Waals surface area contributed by atoms with E-state index in [9.17, 15) is 5.11 Å². The van der Waals surface area contributed by atoms with Gasteiger partial charge in [-0.25, -0.2) is 9.50 Å². The summed E-state index contributed by atoms with van der Waals surface area (Å²) in [5.41, 5.74) is 4.57. The number of hydrogen-bond acceptors (Lipinski definition) is 9. The summed E-state index contributed by atoms with van der Waals surface area (Å²) in [6, 6.07) is 16.0. The van der Waals surface area contributed by atoms with Crippen molar-refractivity contribution in [1.29, 1.82) is 0 Å². The van der Waals surface area contributed by atoms with Crippen molar-refractivity contribution in [3.63, 3.8) is 0 Å². The number of aromatic nitrogens is 3. The molecular formula is C28H32N6O4. The van der Waals surface area contributed by atoms with Gasteiger partial charge in [-0.3, -0.25) is 4.90 Å². The average molecular weight is 517 g/mol. The fraction of sp³-hybridized carbons (Fsp3) is 0.357. The summed E-state index contributed by atoms with van der Waals surface area (Å²) in [6.45, 7) is 7.24. The van der Waals surface area contributed by atoms with Crippen LogP contribution in [0.15, 0.2) is 54.7 Å². The molecule has 1 saturated heterocycles. The molecule has 0 amide bonds. The van der Waals surface area contributed by atoms with Gasteiger partial charge in [0.2, 0.25) is 5.95 Å². The number of aliphatic hydroxyl groups is 1. The number of hydrogen-bond donors (Lipinski definition) is 2. The van der Waals surface area contributed by atoms with Gasteiger partial charge in [-0.05, 0) is 43.3 Å². The molecule has 0 saturated carbocycles. The predicted molar refractivity (Wildman–Crippen MR) is 146 cm³/mol. The second-order valence-corrected chi connectivity index (χ2v) is 9.61. The van der Waals surface area contributed by atoms with E-state index in [2.05, 4.69) is 26.2 Å². The molecule has 2 aliphatic rings. The zero-order valence-corrected chi connectivity index (χ0v) is 21.6. The molecular weight excluding hydrogens is 484 g/mol. The Kier molecular flexibility index (Phi) is 6.65. The molecule has 6 rings (SSSR count). The Bertz CT molecular complexity index is 1430. The van der Waals surface area contributed by atoms with Crippen LogP contribution in [0.3, 0.4) is 0 Å². The molecule has 0 radical (unpaired) electrons. The highest BCUT2D eigenvalue weighted by molar-refractivity contribution is 5.75. The van der Waals surface area contributed by atoms with Crippen molar-refractivity contribution in [3.05, 3.63) is 54.7 Å². The van der Waals surface area contributed by atoms with Crippen LogP contribution in [0.5, 0.6) is 17.2 Å². The van der Waals surface area contributed by atoms with Crippen LogP contribution < -0.4 is 24.4 Å². The van der Waals surface area contributed by atoms with Crippen molar-refractivity contribution in [2.75, 3.05) is 63.3 Å². The largest absolute Gasteiger partial charge is 0.494 e. The number of nitrogens with zero attached hydrogens (tertiary/aromatic N) is 5. The minimum atomic E-state index is -0.309. The van der Waals surface area contributed by atoms with Gasteiger partial charge < -0.3 is 29.5 Å². The van der Waals surface area contributed by atoms with Gasteiger partial charge in [0.25, 0.3) is 0 Å². The third kappa shape index (κ3) is 4.80. The Morgan fingerprint density at radius 3 is 2.71 bits per heavy atom. The third-order valence-electron chi connectivity index (χ3n) is 6.93. The van der Waals surface area contributed by atoms with Crippen LogP contribution in [0, 0.1) is 0 Å². The lowest BCUT2D eigenvalue weighted by Crippen LogP contribution is -2.48. The van der Waals surface area contributed by atoms with Crippen LogP contribution in [0.4, 0.5) is 17.3 Å². The first kappa shape index (κ1) is 24.3. The normalized spacial score (nSPS) is 16.4. The van der Waals surface area contributed by atoms with Crippen molar-refractivity contribution in [3.8, 4) is 28.5 Å². The first-order chi connectivity index (χ1) is 18.6. The first-order valence-corrected chi connectivity index (χ1v) is 12.9. The highest BCUT2D eigenvalue weighted by Crippen LogP contribution is 2.40. The van der Waals surface area contributed by atoms with Crippen molar-refractivity contribution in [1.82, 2.24) is 19.5 Å². The monoisotopic (exact) mass is 516 g/mol. The van der Waals surface area contributed by atoms with E-state index in [1.165, 1.54) is 0 Å². The molecule has 0 unspecified atom stereocenters. The molecule has 198 valence electrons. The number of piperazine rings is 1. The molecule has 2 aromatic carbocycles. The molecule has 4 heterocycles. The lowest BCUT2D eigenvalue weighted by molar-refractivity contribution is 0.122. The fourth-order valence-corrected chi connectivity index (χ4v) is 5.10.